The van der Waals surface area contributed by atoms with Gasteiger partial charge in [0.25, 0.3) is 0 Å². The molecule has 0 aliphatic heterocycles. The molecule has 3 aromatic rings. The van der Waals surface area contributed by atoms with Crippen LogP contribution in [-0.2, 0) is 4.79 Å². The Labute approximate surface area is 158 Å². The number of anilines is 1. The van der Waals surface area contributed by atoms with E-state index in [2.05, 4.69) is 39.7 Å². The number of nitrogens with zero attached hydrogens (tertiary/aromatic N) is 3. The molecule has 0 bridgehead atoms. The zero-order valence-corrected chi connectivity index (χ0v) is 16.1. The van der Waals surface area contributed by atoms with Gasteiger partial charge in [0.2, 0.25) is 5.91 Å². The van der Waals surface area contributed by atoms with Crippen molar-refractivity contribution in [2.75, 3.05) is 25.5 Å². The summed E-state index contributed by atoms with van der Waals surface area (Å²) in [6, 6.07) is 10.2. The molecule has 0 atom stereocenters. The van der Waals surface area contributed by atoms with Crippen molar-refractivity contribution >= 4 is 33.3 Å². The molecular weight excluding hydrogens is 344 g/mol. The lowest BCUT2D eigenvalue weighted by Crippen LogP contribution is -2.29. The van der Waals surface area contributed by atoms with Gasteiger partial charge in [-0.15, -0.1) is 11.3 Å². The zero-order valence-electron chi connectivity index (χ0n) is 15.2. The SMILES string of the molecule is CCCCN(C)C(=O)CCNc1ncnc2scc(-c3ccccc3)c12. The number of nitrogens with one attached hydrogen (secondary N) is 1. The minimum atomic E-state index is 0.157. The maximum atomic E-state index is 12.2. The summed E-state index contributed by atoms with van der Waals surface area (Å²) in [6.45, 7) is 3.51. The topological polar surface area (TPSA) is 58.1 Å². The predicted octanol–water partition coefficient (Wildman–Crippen LogP) is 4.42. The number of carbonyl (C=O) groups is 1. The van der Waals surface area contributed by atoms with Gasteiger partial charge < -0.3 is 10.2 Å². The van der Waals surface area contributed by atoms with Gasteiger partial charge in [0.15, 0.2) is 0 Å². The molecule has 26 heavy (non-hydrogen) atoms. The number of aromatic nitrogens is 2. The minimum absolute atomic E-state index is 0.157. The summed E-state index contributed by atoms with van der Waals surface area (Å²) in [5.74, 6) is 0.948. The average molecular weight is 369 g/mol. The van der Waals surface area contributed by atoms with Crippen LogP contribution in [0, 0.1) is 0 Å². The molecule has 1 N–H and O–H groups in total. The molecule has 0 spiro atoms. The number of hydrogen-bond acceptors (Lipinski definition) is 5. The van der Waals surface area contributed by atoms with Gasteiger partial charge in [0, 0.05) is 37.5 Å². The molecule has 0 fully saturated rings. The van der Waals surface area contributed by atoms with E-state index in [9.17, 15) is 4.79 Å². The second-order valence-electron chi connectivity index (χ2n) is 6.26. The van der Waals surface area contributed by atoms with Crippen molar-refractivity contribution in [1.82, 2.24) is 14.9 Å². The van der Waals surface area contributed by atoms with Crippen LogP contribution in [0.1, 0.15) is 26.2 Å². The van der Waals surface area contributed by atoms with Crippen LogP contribution in [0.15, 0.2) is 42.0 Å². The van der Waals surface area contributed by atoms with Gasteiger partial charge in [-0.3, -0.25) is 4.79 Å². The van der Waals surface area contributed by atoms with Gasteiger partial charge >= 0.3 is 0 Å². The second kappa shape index (κ2) is 8.76. The lowest BCUT2D eigenvalue weighted by Gasteiger charge is -2.17. The van der Waals surface area contributed by atoms with Crippen molar-refractivity contribution in [3.63, 3.8) is 0 Å². The fourth-order valence-electron chi connectivity index (χ4n) is 2.84. The highest BCUT2D eigenvalue weighted by molar-refractivity contribution is 7.17. The Morgan fingerprint density at radius 3 is 2.81 bits per heavy atom. The standard InChI is InChI=1S/C20H24N4OS/c1-3-4-12-24(2)17(25)10-11-21-19-18-16(15-8-6-5-7-9-15)13-26-20(18)23-14-22-19/h5-9,13-14H,3-4,10-12H2,1-2H3,(H,21,22,23). The first-order chi connectivity index (χ1) is 12.7. The van der Waals surface area contributed by atoms with Gasteiger partial charge in [-0.1, -0.05) is 43.7 Å². The number of carbonyl (C=O) groups excluding carboxylic acids is 1. The van der Waals surface area contributed by atoms with Gasteiger partial charge in [-0.25, -0.2) is 9.97 Å². The highest BCUT2D eigenvalue weighted by Gasteiger charge is 2.13. The molecule has 0 unspecified atom stereocenters. The molecule has 0 aliphatic carbocycles. The monoisotopic (exact) mass is 368 g/mol. The first-order valence-electron chi connectivity index (χ1n) is 8.96. The number of thiophene rings is 1. The molecule has 2 aromatic heterocycles. The Hall–Kier alpha value is -2.47. The summed E-state index contributed by atoms with van der Waals surface area (Å²) in [4.78, 5) is 23.8. The van der Waals surface area contributed by atoms with Crippen LogP contribution in [0.25, 0.3) is 21.3 Å². The molecule has 136 valence electrons. The lowest BCUT2D eigenvalue weighted by atomic mass is 10.1. The van der Waals surface area contributed by atoms with Crippen LogP contribution in [0.4, 0.5) is 5.82 Å². The number of fused-ring (bicyclic) bond motifs is 1. The molecule has 0 saturated carbocycles. The van der Waals surface area contributed by atoms with Crippen molar-refractivity contribution in [1.29, 1.82) is 0 Å². The second-order valence-corrected chi connectivity index (χ2v) is 7.12. The third-order valence-electron chi connectivity index (χ3n) is 4.36. The van der Waals surface area contributed by atoms with E-state index in [1.54, 1.807) is 22.6 Å². The van der Waals surface area contributed by atoms with Crippen molar-refractivity contribution in [2.45, 2.75) is 26.2 Å². The highest BCUT2D eigenvalue weighted by atomic mass is 32.1. The number of benzene rings is 1. The first-order valence-corrected chi connectivity index (χ1v) is 9.84. The summed E-state index contributed by atoms with van der Waals surface area (Å²) >= 11 is 1.61. The number of rotatable bonds is 8. The molecule has 1 amide bonds. The molecule has 5 nitrogen and oxygen atoms in total. The van der Waals surface area contributed by atoms with Gasteiger partial charge in [0.05, 0.1) is 5.39 Å². The maximum absolute atomic E-state index is 12.2. The Morgan fingerprint density at radius 1 is 1.23 bits per heavy atom. The molecule has 1 aromatic carbocycles. The van der Waals surface area contributed by atoms with Crippen LogP contribution in [0.2, 0.25) is 0 Å². The Balaban J connectivity index is 1.72. The smallest absolute Gasteiger partial charge is 0.224 e. The lowest BCUT2D eigenvalue weighted by molar-refractivity contribution is -0.129. The Kier molecular flexibility index (Phi) is 6.17. The first kappa shape index (κ1) is 18.3. The van der Waals surface area contributed by atoms with E-state index >= 15 is 0 Å². The van der Waals surface area contributed by atoms with E-state index in [1.807, 2.05) is 25.2 Å². The normalized spacial score (nSPS) is 10.8. The number of hydrogen-bond donors (Lipinski definition) is 1. The molecule has 0 aliphatic rings. The maximum Gasteiger partial charge on any atom is 0.224 e. The van der Waals surface area contributed by atoms with Crippen molar-refractivity contribution in [3.05, 3.63) is 42.0 Å². The molecule has 0 radical (unpaired) electrons. The highest BCUT2D eigenvalue weighted by Crippen LogP contribution is 2.36. The third-order valence-corrected chi connectivity index (χ3v) is 5.25. The number of unbranched alkanes of at least 4 members (excludes halogenated alkanes) is 1. The van der Waals surface area contributed by atoms with Gasteiger partial charge in [0.1, 0.15) is 17.0 Å². The third kappa shape index (κ3) is 4.19. The number of amides is 1. The summed E-state index contributed by atoms with van der Waals surface area (Å²) in [5.41, 5.74) is 2.27. The zero-order chi connectivity index (χ0) is 18.4. The van der Waals surface area contributed by atoms with Crippen LogP contribution in [-0.4, -0.2) is 40.9 Å². The quantitative estimate of drug-likeness (QED) is 0.639. The van der Waals surface area contributed by atoms with E-state index in [0.29, 0.717) is 13.0 Å². The predicted molar refractivity (Wildman–Crippen MR) is 109 cm³/mol. The fraction of sp³-hybridized carbons (Fsp3) is 0.350. The minimum Gasteiger partial charge on any atom is -0.369 e. The van der Waals surface area contributed by atoms with Crippen LogP contribution < -0.4 is 5.32 Å². The summed E-state index contributed by atoms with van der Waals surface area (Å²) in [6.07, 6.45) is 4.16. The summed E-state index contributed by atoms with van der Waals surface area (Å²) < 4.78 is 0. The molecule has 6 heteroatoms. The van der Waals surface area contributed by atoms with E-state index in [4.69, 9.17) is 0 Å². The van der Waals surface area contributed by atoms with Crippen molar-refractivity contribution in [2.24, 2.45) is 0 Å². The molecule has 3 rings (SSSR count). The van der Waals surface area contributed by atoms with Crippen LogP contribution in [0.3, 0.4) is 0 Å². The van der Waals surface area contributed by atoms with E-state index < -0.39 is 0 Å². The Morgan fingerprint density at radius 2 is 2.04 bits per heavy atom. The van der Waals surface area contributed by atoms with Crippen LogP contribution in [0.5, 0.6) is 0 Å². The average Bonchev–Trinajstić information content (AvgIpc) is 3.11. The van der Waals surface area contributed by atoms with Gasteiger partial charge in [-0.05, 0) is 12.0 Å². The largest absolute Gasteiger partial charge is 0.369 e. The summed E-state index contributed by atoms with van der Waals surface area (Å²) in [5, 5.41) is 6.47. The Bertz CT molecular complexity index is 863. The fourth-order valence-corrected chi connectivity index (χ4v) is 3.75. The van der Waals surface area contributed by atoms with Crippen molar-refractivity contribution < 1.29 is 4.79 Å². The van der Waals surface area contributed by atoms with Gasteiger partial charge in [-0.2, -0.15) is 0 Å². The summed E-state index contributed by atoms with van der Waals surface area (Å²) in [7, 11) is 1.87. The van der Waals surface area contributed by atoms with E-state index in [1.165, 1.54) is 0 Å². The van der Waals surface area contributed by atoms with Crippen LogP contribution >= 0.6 is 11.3 Å². The van der Waals surface area contributed by atoms with Crippen molar-refractivity contribution in [3.8, 4) is 11.1 Å². The van der Waals surface area contributed by atoms with E-state index in [-0.39, 0.29) is 5.91 Å². The van der Waals surface area contributed by atoms with E-state index in [0.717, 1.165) is 46.5 Å². The molecule has 2 heterocycles. The molecule has 0 saturated heterocycles. The molecular formula is C20H24N4OS.